The fourth-order valence-electron chi connectivity index (χ4n) is 4.27. The average molecular weight is 401 g/mol. The highest BCUT2D eigenvalue weighted by atomic mass is 32.1. The molecule has 1 amide bonds. The minimum atomic E-state index is 0.0174. The van der Waals surface area contributed by atoms with E-state index < -0.39 is 0 Å². The Morgan fingerprint density at radius 3 is 2.96 bits per heavy atom. The molecular formula is C22H28N2O3S. The molecule has 0 bridgehead atoms. The molecule has 5 nitrogen and oxygen atoms in total. The van der Waals surface area contributed by atoms with Crippen LogP contribution in [0.3, 0.4) is 0 Å². The zero-order chi connectivity index (χ0) is 19.5. The lowest BCUT2D eigenvalue weighted by Crippen LogP contribution is -2.46. The summed E-state index contributed by atoms with van der Waals surface area (Å²) in [7, 11) is 1.66. The van der Waals surface area contributed by atoms with Crippen LogP contribution in [0.4, 0.5) is 0 Å². The van der Waals surface area contributed by atoms with Gasteiger partial charge in [-0.15, -0.1) is 0 Å². The van der Waals surface area contributed by atoms with Crippen molar-refractivity contribution in [2.45, 2.75) is 39.0 Å². The Bertz CT molecular complexity index is 808. The summed E-state index contributed by atoms with van der Waals surface area (Å²) < 4.78 is 11.8. The van der Waals surface area contributed by atoms with Crippen molar-refractivity contribution in [3.63, 3.8) is 0 Å². The fourth-order valence-corrected chi connectivity index (χ4v) is 4.93. The van der Waals surface area contributed by atoms with Crippen LogP contribution in [-0.4, -0.2) is 48.6 Å². The summed E-state index contributed by atoms with van der Waals surface area (Å²) in [4.78, 5) is 16.7. The number of piperidine rings is 1. The number of rotatable bonds is 4. The highest BCUT2D eigenvalue weighted by Gasteiger charge is 2.33. The first-order valence-electron chi connectivity index (χ1n) is 9.95. The second-order valence-electron chi connectivity index (χ2n) is 7.80. The van der Waals surface area contributed by atoms with Gasteiger partial charge in [-0.1, -0.05) is 0 Å². The topological polar surface area (TPSA) is 42.0 Å². The molecule has 150 valence electrons. The van der Waals surface area contributed by atoms with Gasteiger partial charge in [-0.05, 0) is 60.0 Å². The predicted molar refractivity (Wildman–Crippen MR) is 111 cm³/mol. The fraction of sp³-hybridized carbons (Fsp3) is 0.500. The van der Waals surface area contributed by atoms with Gasteiger partial charge in [0.25, 0.3) is 0 Å². The van der Waals surface area contributed by atoms with Crippen LogP contribution in [0.25, 0.3) is 0 Å². The molecule has 6 heteroatoms. The molecule has 1 aromatic carbocycles. The maximum Gasteiger partial charge on any atom is 0.219 e. The van der Waals surface area contributed by atoms with Crippen LogP contribution in [0.15, 0.2) is 35.0 Å². The van der Waals surface area contributed by atoms with Crippen LogP contribution < -0.4 is 9.47 Å². The second-order valence-corrected chi connectivity index (χ2v) is 8.58. The zero-order valence-electron chi connectivity index (χ0n) is 16.6. The van der Waals surface area contributed by atoms with E-state index in [0.29, 0.717) is 19.0 Å². The molecule has 0 spiro atoms. The molecule has 1 fully saturated rings. The Hall–Kier alpha value is -2.05. The number of likely N-dealkylation sites (tertiary alicyclic amines) is 1. The molecule has 3 heterocycles. The number of carbonyl (C=O) groups is 1. The first-order valence-corrected chi connectivity index (χ1v) is 10.9. The van der Waals surface area contributed by atoms with Gasteiger partial charge < -0.3 is 14.4 Å². The van der Waals surface area contributed by atoms with Gasteiger partial charge in [0.2, 0.25) is 5.91 Å². The van der Waals surface area contributed by atoms with Gasteiger partial charge in [0.1, 0.15) is 17.6 Å². The molecule has 2 aliphatic heterocycles. The van der Waals surface area contributed by atoms with Gasteiger partial charge in [-0.2, -0.15) is 11.3 Å². The van der Waals surface area contributed by atoms with Crippen molar-refractivity contribution in [3.05, 3.63) is 46.2 Å². The minimum Gasteiger partial charge on any atom is -0.497 e. The molecule has 4 rings (SSSR count). The SMILES string of the molecule is COc1ccc2c(c1)CN(C(C)=O)C[C@@H]([C@@H]1CCCN(Cc3ccsc3)C1)O2. The summed E-state index contributed by atoms with van der Waals surface area (Å²) >= 11 is 1.75. The van der Waals surface area contributed by atoms with Gasteiger partial charge in [-0.25, -0.2) is 0 Å². The van der Waals surface area contributed by atoms with Crippen molar-refractivity contribution in [3.8, 4) is 11.5 Å². The average Bonchev–Trinajstić information content (AvgIpc) is 3.12. The number of ether oxygens (including phenoxy) is 2. The number of amides is 1. The Morgan fingerprint density at radius 1 is 1.32 bits per heavy atom. The number of hydrogen-bond acceptors (Lipinski definition) is 5. The Balaban J connectivity index is 1.52. The third kappa shape index (κ3) is 4.33. The normalized spacial score (nSPS) is 22.9. The van der Waals surface area contributed by atoms with Crippen molar-refractivity contribution in [2.24, 2.45) is 5.92 Å². The van der Waals surface area contributed by atoms with Crippen LogP contribution in [0.5, 0.6) is 11.5 Å². The molecule has 0 radical (unpaired) electrons. The Morgan fingerprint density at radius 2 is 2.21 bits per heavy atom. The number of methoxy groups -OCH3 is 1. The van der Waals surface area contributed by atoms with E-state index in [4.69, 9.17) is 9.47 Å². The largest absolute Gasteiger partial charge is 0.497 e. The summed E-state index contributed by atoms with van der Waals surface area (Å²) in [6.07, 6.45) is 2.33. The van der Waals surface area contributed by atoms with E-state index in [1.165, 1.54) is 12.0 Å². The molecule has 28 heavy (non-hydrogen) atoms. The Kier molecular flexibility index (Phi) is 5.87. The highest BCUT2D eigenvalue weighted by Crippen LogP contribution is 2.33. The monoisotopic (exact) mass is 400 g/mol. The second kappa shape index (κ2) is 8.53. The molecule has 0 saturated carbocycles. The molecule has 2 atom stereocenters. The highest BCUT2D eigenvalue weighted by molar-refractivity contribution is 7.07. The van der Waals surface area contributed by atoms with Crippen molar-refractivity contribution in [2.75, 3.05) is 26.7 Å². The van der Waals surface area contributed by atoms with Gasteiger partial charge in [-0.3, -0.25) is 9.69 Å². The summed E-state index contributed by atoms with van der Waals surface area (Å²) in [6, 6.07) is 8.11. The lowest BCUT2D eigenvalue weighted by Gasteiger charge is -2.37. The number of thiophene rings is 1. The zero-order valence-corrected chi connectivity index (χ0v) is 17.4. The van der Waals surface area contributed by atoms with Crippen molar-refractivity contribution in [1.29, 1.82) is 0 Å². The molecule has 1 saturated heterocycles. The lowest BCUT2D eigenvalue weighted by molar-refractivity contribution is -0.130. The van der Waals surface area contributed by atoms with Crippen LogP contribution in [-0.2, 0) is 17.9 Å². The molecule has 1 aromatic heterocycles. The third-order valence-corrected chi connectivity index (χ3v) is 6.54. The quantitative estimate of drug-likeness (QED) is 0.783. The minimum absolute atomic E-state index is 0.0174. The third-order valence-electron chi connectivity index (χ3n) is 5.81. The lowest BCUT2D eigenvalue weighted by atomic mass is 9.91. The van der Waals surface area contributed by atoms with Gasteiger partial charge in [0.15, 0.2) is 0 Å². The van der Waals surface area contributed by atoms with E-state index in [0.717, 1.165) is 43.1 Å². The smallest absolute Gasteiger partial charge is 0.219 e. The number of nitrogens with zero attached hydrogens (tertiary/aromatic N) is 2. The van der Waals surface area contributed by atoms with E-state index in [1.54, 1.807) is 25.4 Å². The predicted octanol–water partition coefficient (Wildman–Crippen LogP) is 3.78. The van der Waals surface area contributed by atoms with E-state index in [-0.39, 0.29) is 12.0 Å². The van der Waals surface area contributed by atoms with E-state index >= 15 is 0 Å². The van der Waals surface area contributed by atoms with E-state index in [1.807, 2.05) is 23.1 Å². The van der Waals surface area contributed by atoms with Crippen molar-refractivity contribution >= 4 is 17.2 Å². The molecular weight excluding hydrogens is 372 g/mol. The number of fused-ring (bicyclic) bond motifs is 1. The Labute approximate surface area is 170 Å². The number of hydrogen-bond donors (Lipinski definition) is 0. The van der Waals surface area contributed by atoms with E-state index in [2.05, 4.69) is 21.7 Å². The van der Waals surface area contributed by atoms with Gasteiger partial charge in [0.05, 0.1) is 13.7 Å². The molecule has 0 N–H and O–H groups in total. The molecule has 0 aliphatic carbocycles. The summed E-state index contributed by atoms with van der Waals surface area (Å²) in [6.45, 7) is 6.00. The summed E-state index contributed by atoms with van der Waals surface area (Å²) in [5.41, 5.74) is 2.40. The van der Waals surface area contributed by atoms with Crippen molar-refractivity contribution < 1.29 is 14.3 Å². The van der Waals surface area contributed by atoms with E-state index in [9.17, 15) is 4.79 Å². The van der Waals surface area contributed by atoms with Gasteiger partial charge >= 0.3 is 0 Å². The summed E-state index contributed by atoms with van der Waals surface area (Å²) in [5, 5.41) is 4.37. The van der Waals surface area contributed by atoms with Crippen LogP contribution in [0, 0.1) is 5.92 Å². The van der Waals surface area contributed by atoms with Crippen LogP contribution in [0.2, 0.25) is 0 Å². The standard InChI is InChI=1S/C22H28N2O3S/c1-16(25)24-13-19-10-20(26-2)5-6-21(19)27-22(14-24)18-4-3-8-23(12-18)11-17-7-9-28-15-17/h5-7,9-10,15,18,22H,3-4,8,11-14H2,1-2H3/t18-,22+/m1/s1. The van der Waals surface area contributed by atoms with Crippen molar-refractivity contribution in [1.82, 2.24) is 9.80 Å². The first-order chi connectivity index (χ1) is 13.6. The van der Waals surface area contributed by atoms with Gasteiger partial charge in [0, 0.05) is 38.0 Å². The number of carbonyl (C=O) groups excluding carboxylic acids is 1. The molecule has 2 aliphatic rings. The van der Waals surface area contributed by atoms with Crippen LogP contribution in [0.1, 0.15) is 30.9 Å². The maximum absolute atomic E-state index is 12.2. The summed E-state index contributed by atoms with van der Waals surface area (Å²) in [5.74, 6) is 2.19. The molecule has 2 aromatic rings. The first kappa shape index (κ1) is 19.3. The molecule has 0 unspecified atom stereocenters. The van der Waals surface area contributed by atoms with Crippen LogP contribution >= 0.6 is 11.3 Å². The number of benzene rings is 1. The maximum atomic E-state index is 12.2.